The molecule has 2 aliphatic heterocycles. The van der Waals surface area contributed by atoms with E-state index in [1.807, 2.05) is 30.5 Å². The quantitative estimate of drug-likeness (QED) is 0.466. The summed E-state index contributed by atoms with van der Waals surface area (Å²) in [6.45, 7) is 4.46. The highest BCUT2D eigenvalue weighted by Gasteiger charge is 2.22. The topological polar surface area (TPSA) is 66.1 Å². The maximum Gasteiger partial charge on any atom is 0.143 e. The van der Waals surface area contributed by atoms with E-state index in [1.54, 1.807) is 6.07 Å². The molecule has 35 heavy (non-hydrogen) atoms. The number of nitrogens with zero attached hydrogens (tertiary/aromatic N) is 4. The fourth-order valence-corrected chi connectivity index (χ4v) is 5.24. The van der Waals surface area contributed by atoms with E-state index in [9.17, 15) is 9.65 Å². The van der Waals surface area contributed by atoms with E-state index in [1.165, 1.54) is 6.07 Å². The van der Waals surface area contributed by atoms with E-state index in [0.717, 1.165) is 71.8 Å². The molecule has 0 aliphatic carbocycles. The van der Waals surface area contributed by atoms with E-state index < -0.39 is 5.82 Å². The zero-order chi connectivity index (χ0) is 23.9. The second kappa shape index (κ2) is 8.71. The van der Waals surface area contributed by atoms with E-state index in [-0.39, 0.29) is 5.56 Å². The summed E-state index contributed by atoms with van der Waals surface area (Å²) in [6, 6.07) is 14.9. The number of anilines is 1. The molecule has 0 unspecified atom stereocenters. The van der Waals surface area contributed by atoms with Crippen LogP contribution in [0.4, 0.5) is 10.1 Å². The Morgan fingerprint density at radius 1 is 1.20 bits per heavy atom. The molecule has 7 heteroatoms. The van der Waals surface area contributed by atoms with Crippen LogP contribution >= 0.6 is 0 Å². The summed E-state index contributed by atoms with van der Waals surface area (Å²) in [4.78, 5) is 7.08. The molecule has 0 amide bonds. The predicted octanol–water partition coefficient (Wildman–Crippen LogP) is 4.82. The molecule has 1 saturated heterocycles. The Morgan fingerprint density at radius 3 is 2.89 bits per heavy atom. The highest BCUT2D eigenvalue weighted by atomic mass is 19.1. The first-order valence-corrected chi connectivity index (χ1v) is 12.0. The molecule has 6 nitrogen and oxygen atoms in total. The summed E-state index contributed by atoms with van der Waals surface area (Å²) in [5, 5.41) is 13.7. The molecule has 2 aliphatic rings. The van der Waals surface area contributed by atoms with Crippen molar-refractivity contribution in [3.8, 4) is 34.2 Å². The van der Waals surface area contributed by atoms with Crippen LogP contribution in [0, 0.1) is 23.1 Å². The third-order valence-electron chi connectivity index (χ3n) is 7.15. The first-order chi connectivity index (χ1) is 17.1. The molecule has 0 spiro atoms. The first kappa shape index (κ1) is 21.6. The SMILES string of the molecule is CN1CCOc2cc(-c3ncc4c(ccn4C[C@@H]4CCNC4)c3-c3ccc(C#N)c(F)c3)ccc21. The molecular formula is C28H26FN5O. The van der Waals surface area contributed by atoms with E-state index in [4.69, 9.17) is 9.72 Å². The van der Waals surface area contributed by atoms with Crippen molar-refractivity contribution in [1.82, 2.24) is 14.9 Å². The first-order valence-electron chi connectivity index (χ1n) is 12.0. The Hall–Kier alpha value is -3.89. The number of benzene rings is 2. The third-order valence-corrected chi connectivity index (χ3v) is 7.15. The van der Waals surface area contributed by atoms with Crippen molar-refractivity contribution < 1.29 is 9.13 Å². The summed E-state index contributed by atoms with van der Waals surface area (Å²) in [7, 11) is 2.05. The van der Waals surface area contributed by atoms with Crippen LogP contribution in [0.25, 0.3) is 33.3 Å². The van der Waals surface area contributed by atoms with E-state index in [0.29, 0.717) is 18.1 Å². The molecule has 2 aromatic heterocycles. The van der Waals surface area contributed by atoms with Crippen LogP contribution in [0.1, 0.15) is 12.0 Å². The summed E-state index contributed by atoms with van der Waals surface area (Å²) in [5.74, 6) is 0.872. The molecule has 0 bridgehead atoms. The molecule has 0 radical (unpaired) electrons. The molecule has 0 saturated carbocycles. The maximum absolute atomic E-state index is 14.7. The molecule has 4 heterocycles. The van der Waals surface area contributed by atoms with Gasteiger partial charge in [-0.25, -0.2) is 4.39 Å². The normalized spacial score (nSPS) is 17.3. The summed E-state index contributed by atoms with van der Waals surface area (Å²) in [5.41, 5.74) is 5.34. The van der Waals surface area contributed by atoms with Crippen molar-refractivity contribution in [1.29, 1.82) is 5.26 Å². The third kappa shape index (κ3) is 3.80. The molecule has 2 aromatic carbocycles. The number of likely N-dealkylation sites (N-methyl/N-ethyl adjacent to an activating group) is 1. The van der Waals surface area contributed by atoms with Crippen LogP contribution < -0.4 is 15.0 Å². The summed E-state index contributed by atoms with van der Waals surface area (Å²) >= 11 is 0. The number of halogens is 1. The van der Waals surface area contributed by atoms with Crippen molar-refractivity contribution in [2.75, 3.05) is 38.2 Å². The van der Waals surface area contributed by atoms with Gasteiger partial charge in [0.25, 0.3) is 0 Å². The number of rotatable bonds is 4. The van der Waals surface area contributed by atoms with Gasteiger partial charge in [0.1, 0.15) is 24.2 Å². The van der Waals surface area contributed by atoms with Crippen molar-refractivity contribution >= 4 is 16.6 Å². The number of fused-ring (bicyclic) bond motifs is 2. The second-order valence-corrected chi connectivity index (χ2v) is 9.37. The fraction of sp³-hybridized carbons (Fsp3) is 0.286. The lowest BCUT2D eigenvalue weighted by Gasteiger charge is -2.28. The average Bonchev–Trinajstić information content (AvgIpc) is 3.54. The van der Waals surface area contributed by atoms with Gasteiger partial charge in [-0.2, -0.15) is 5.26 Å². The second-order valence-electron chi connectivity index (χ2n) is 9.37. The number of nitrogens with one attached hydrogen (secondary N) is 1. The number of pyridine rings is 1. The van der Waals surface area contributed by atoms with Gasteiger partial charge in [-0.3, -0.25) is 4.98 Å². The highest BCUT2D eigenvalue weighted by Crippen LogP contribution is 2.41. The van der Waals surface area contributed by atoms with Gasteiger partial charge < -0.3 is 19.5 Å². The summed E-state index contributed by atoms with van der Waals surface area (Å²) < 4.78 is 22.9. The van der Waals surface area contributed by atoms with Gasteiger partial charge in [-0.1, -0.05) is 12.1 Å². The standard InChI is InChI=1S/C28H26FN5O/c1-33-10-11-35-26-13-20(4-5-24(26)33)28-27(19-2-3-21(14-30)23(29)12-19)22-7-9-34(25(22)16-32-28)17-18-6-8-31-15-18/h2-5,7,9,12-13,16,18,31H,6,8,10-11,15,17H2,1H3/t18-/m1/s1. The Labute approximate surface area is 203 Å². The number of aromatic nitrogens is 2. The Balaban J connectivity index is 1.53. The van der Waals surface area contributed by atoms with E-state index in [2.05, 4.69) is 40.2 Å². The van der Waals surface area contributed by atoms with Gasteiger partial charge >= 0.3 is 0 Å². The maximum atomic E-state index is 14.7. The van der Waals surface area contributed by atoms with Crippen LogP contribution in [-0.4, -0.2) is 42.8 Å². The minimum absolute atomic E-state index is 0.0342. The zero-order valence-electron chi connectivity index (χ0n) is 19.6. The lowest BCUT2D eigenvalue weighted by Crippen LogP contribution is -2.28. The van der Waals surface area contributed by atoms with Crippen LogP contribution in [0.5, 0.6) is 5.75 Å². The minimum Gasteiger partial charge on any atom is -0.490 e. The van der Waals surface area contributed by atoms with Crippen molar-refractivity contribution in [3.63, 3.8) is 0 Å². The molecule has 1 fully saturated rings. The van der Waals surface area contributed by atoms with Crippen molar-refractivity contribution in [2.24, 2.45) is 5.92 Å². The van der Waals surface area contributed by atoms with Crippen LogP contribution in [0.3, 0.4) is 0 Å². The number of ether oxygens (including phenoxy) is 1. The van der Waals surface area contributed by atoms with Gasteiger partial charge in [0, 0.05) is 36.3 Å². The predicted molar refractivity (Wildman–Crippen MR) is 135 cm³/mol. The van der Waals surface area contributed by atoms with Crippen molar-refractivity contribution in [2.45, 2.75) is 13.0 Å². The number of hydrogen-bond acceptors (Lipinski definition) is 5. The van der Waals surface area contributed by atoms with Gasteiger partial charge in [-0.15, -0.1) is 0 Å². The fourth-order valence-electron chi connectivity index (χ4n) is 5.24. The lowest BCUT2D eigenvalue weighted by molar-refractivity contribution is 0.311. The van der Waals surface area contributed by atoms with Crippen LogP contribution in [-0.2, 0) is 6.54 Å². The Kier molecular flexibility index (Phi) is 5.39. The van der Waals surface area contributed by atoms with Crippen molar-refractivity contribution in [3.05, 3.63) is 66.2 Å². The number of nitriles is 1. The lowest BCUT2D eigenvalue weighted by atomic mass is 9.95. The van der Waals surface area contributed by atoms with Gasteiger partial charge in [0.2, 0.25) is 0 Å². The monoisotopic (exact) mass is 467 g/mol. The van der Waals surface area contributed by atoms with Crippen LogP contribution in [0.2, 0.25) is 0 Å². The molecule has 1 atom stereocenters. The molecule has 4 aromatic rings. The molecular weight excluding hydrogens is 441 g/mol. The van der Waals surface area contributed by atoms with Gasteiger partial charge in [0.15, 0.2) is 0 Å². The average molecular weight is 468 g/mol. The zero-order valence-corrected chi connectivity index (χ0v) is 19.6. The molecule has 176 valence electrons. The number of hydrogen-bond donors (Lipinski definition) is 1. The van der Waals surface area contributed by atoms with Gasteiger partial charge in [0.05, 0.1) is 35.2 Å². The molecule has 1 N–H and O–H groups in total. The molecule has 6 rings (SSSR count). The Bertz CT molecular complexity index is 1460. The van der Waals surface area contributed by atoms with E-state index >= 15 is 0 Å². The largest absolute Gasteiger partial charge is 0.490 e. The van der Waals surface area contributed by atoms with Crippen LogP contribution in [0.15, 0.2) is 54.9 Å². The minimum atomic E-state index is -0.528. The Morgan fingerprint density at radius 2 is 2.09 bits per heavy atom. The summed E-state index contributed by atoms with van der Waals surface area (Å²) in [6.07, 6.45) is 5.17. The highest BCUT2D eigenvalue weighted by molar-refractivity contribution is 6.02. The smallest absolute Gasteiger partial charge is 0.143 e. The van der Waals surface area contributed by atoms with Gasteiger partial charge in [-0.05, 0) is 61.3 Å².